The molecule has 0 N–H and O–H groups in total. The van der Waals surface area contributed by atoms with E-state index in [0.29, 0.717) is 30.1 Å². The van der Waals surface area contributed by atoms with Gasteiger partial charge in [-0.3, -0.25) is 9.59 Å². The quantitative estimate of drug-likeness (QED) is 0.815. The Kier molecular flexibility index (Phi) is 4.58. The number of rotatable bonds is 3. The van der Waals surface area contributed by atoms with Gasteiger partial charge in [-0.05, 0) is 41.8 Å². The van der Waals surface area contributed by atoms with E-state index in [4.69, 9.17) is 16.3 Å². The second-order valence-corrected chi connectivity index (χ2v) is 7.04. The Labute approximate surface area is 161 Å². The second kappa shape index (κ2) is 7.04. The molecule has 1 unspecified atom stereocenters. The van der Waals surface area contributed by atoms with E-state index in [1.165, 1.54) is 0 Å². The Morgan fingerprint density at radius 1 is 1.07 bits per heavy atom. The first kappa shape index (κ1) is 17.5. The molecule has 2 saturated heterocycles. The molecule has 6 nitrogen and oxygen atoms in total. The summed E-state index contributed by atoms with van der Waals surface area (Å²) in [5.41, 5.74) is 2.52. The maximum atomic E-state index is 12.8. The van der Waals surface area contributed by atoms with Crippen LogP contribution in [0.3, 0.4) is 0 Å². The molecule has 0 radical (unpaired) electrons. The Morgan fingerprint density at radius 2 is 1.85 bits per heavy atom. The summed E-state index contributed by atoms with van der Waals surface area (Å²) in [6.07, 6.45) is -0.0575. The third-order valence-electron chi connectivity index (χ3n) is 4.89. The molecule has 2 fully saturated rings. The summed E-state index contributed by atoms with van der Waals surface area (Å²) in [5, 5.41) is 0.658. The Hall–Kier alpha value is -2.86. The predicted octanol–water partition coefficient (Wildman–Crippen LogP) is 3.20. The van der Waals surface area contributed by atoms with E-state index in [1.807, 2.05) is 36.4 Å². The third-order valence-corrected chi connectivity index (χ3v) is 5.13. The number of carbonyl (C=O) groups is 3. The highest BCUT2D eigenvalue weighted by Crippen LogP contribution is 2.25. The molecule has 3 amide bonds. The zero-order valence-corrected chi connectivity index (χ0v) is 15.2. The molecular weight excluding hydrogens is 368 g/mol. The number of nitrogens with zero attached hydrogens (tertiary/aromatic N) is 2. The lowest BCUT2D eigenvalue weighted by atomic mass is 10.0. The Balaban J connectivity index is 1.46. The van der Waals surface area contributed by atoms with Gasteiger partial charge in [0.2, 0.25) is 0 Å². The van der Waals surface area contributed by atoms with Gasteiger partial charge in [-0.1, -0.05) is 35.9 Å². The van der Waals surface area contributed by atoms with Crippen molar-refractivity contribution in [1.82, 2.24) is 9.80 Å². The minimum atomic E-state index is -0.620. The topological polar surface area (TPSA) is 66.9 Å². The lowest BCUT2D eigenvalue weighted by Gasteiger charge is -2.20. The van der Waals surface area contributed by atoms with Crippen LogP contribution >= 0.6 is 11.6 Å². The highest BCUT2D eigenvalue weighted by atomic mass is 35.5. The molecule has 0 saturated carbocycles. The molecule has 2 heterocycles. The van der Waals surface area contributed by atoms with Crippen molar-refractivity contribution in [3.8, 4) is 11.1 Å². The number of cyclic esters (lactones) is 1. The minimum Gasteiger partial charge on any atom is -0.439 e. The minimum absolute atomic E-state index is 0.116. The average Bonchev–Trinajstić information content (AvgIpc) is 3.28. The molecule has 2 aromatic carbocycles. The van der Waals surface area contributed by atoms with Crippen molar-refractivity contribution in [2.24, 2.45) is 0 Å². The number of benzene rings is 2. The summed E-state index contributed by atoms with van der Waals surface area (Å²) < 4.78 is 4.76. The van der Waals surface area contributed by atoms with E-state index >= 15 is 0 Å². The van der Waals surface area contributed by atoms with Crippen molar-refractivity contribution < 1.29 is 19.1 Å². The molecule has 0 spiro atoms. The van der Waals surface area contributed by atoms with Crippen molar-refractivity contribution in [2.45, 2.75) is 12.5 Å². The van der Waals surface area contributed by atoms with E-state index < -0.39 is 6.09 Å². The van der Waals surface area contributed by atoms with Crippen molar-refractivity contribution in [2.75, 3.05) is 19.7 Å². The van der Waals surface area contributed by atoms with Gasteiger partial charge in [0.05, 0.1) is 6.04 Å². The number of hydrogen-bond acceptors (Lipinski definition) is 4. The molecular formula is C20H17ClN2O4. The molecule has 0 aromatic heterocycles. The number of likely N-dealkylation sites (tertiary alicyclic amines) is 1. The van der Waals surface area contributed by atoms with Crippen LogP contribution < -0.4 is 0 Å². The molecule has 138 valence electrons. The first-order valence-corrected chi connectivity index (χ1v) is 9.05. The van der Waals surface area contributed by atoms with Crippen LogP contribution in [0.2, 0.25) is 5.02 Å². The van der Waals surface area contributed by atoms with E-state index in [9.17, 15) is 14.4 Å². The Bertz CT molecular complexity index is 896. The highest BCUT2D eigenvalue weighted by molar-refractivity contribution is 6.30. The molecule has 0 aliphatic carbocycles. The van der Waals surface area contributed by atoms with Crippen LogP contribution in [0.5, 0.6) is 0 Å². The lowest BCUT2D eigenvalue weighted by molar-refractivity contribution is -0.127. The van der Waals surface area contributed by atoms with E-state index in [0.717, 1.165) is 16.0 Å². The molecule has 7 heteroatoms. The zero-order chi connectivity index (χ0) is 19.0. The van der Waals surface area contributed by atoms with E-state index in [1.54, 1.807) is 17.0 Å². The van der Waals surface area contributed by atoms with Crippen LogP contribution in [0.4, 0.5) is 4.79 Å². The van der Waals surface area contributed by atoms with Crippen LogP contribution in [-0.4, -0.2) is 53.4 Å². The third kappa shape index (κ3) is 3.40. The second-order valence-electron chi connectivity index (χ2n) is 6.60. The van der Waals surface area contributed by atoms with Crippen molar-refractivity contribution >= 4 is 29.5 Å². The van der Waals surface area contributed by atoms with Gasteiger partial charge in [0, 0.05) is 23.7 Å². The Morgan fingerprint density at radius 3 is 2.52 bits per heavy atom. The van der Waals surface area contributed by atoms with Gasteiger partial charge >= 0.3 is 6.09 Å². The number of imide groups is 1. The summed E-state index contributed by atoms with van der Waals surface area (Å²) in [6, 6.07) is 14.5. The summed E-state index contributed by atoms with van der Waals surface area (Å²) in [5.74, 6) is -0.458. The molecule has 2 aromatic rings. The highest BCUT2D eigenvalue weighted by Gasteiger charge is 2.41. The van der Waals surface area contributed by atoms with Crippen LogP contribution in [0.15, 0.2) is 48.5 Å². The summed E-state index contributed by atoms with van der Waals surface area (Å²) in [6.45, 7) is 0.612. The standard InChI is InChI=1S/C20H17ClN2O4/c21-16-3-1-2-15(10-16)13-4-6-14(7-5-13)19(25)22-9-8-17(11-22)23-18(24)12-27-20(23)26/h1-7,10,17H,8-9,11-12H2. The number of hydrogen-bond donors (Lipinski definition) is 0. The lowest BCUT2D eigenvalue weighted by Crippen LogP contribution is -2.42. The number of amides is 3. The molecule has 4 rings (SSSR count). The summed E-state index contributed by atoms with van der Waals surface area (Å²) >= 11 is 6.03. The molecule has 27 heavy (non-hydrogen) atoms. The normalized spacial score (nSPS) is 19.5. The predicted molar refractivity (Wildman–Crippen MR) is 99.4 cm³/mol. The van der Waals surface area contributed by atoms with Gasteiger partial charge in [0.25, 0.3) is 11.8 Å². The van der Waals surface area contributed by atoms with Gasteiger partial charge in [0.1, 0.15) is 0 Å². The largest absolute Gasteiger partial charge is 0.439 e. The number of halogens is 1. The molecule has 0 bridgehead atoms. The molecule has 1 atom stereocenters. The van der Waals surface area contributed by atoms with Gasteiger partial charge in [-0.25, -0.2) is 9.69 Å². The smallest absolute Gasteiger partial charge is 0.417 e. The van der Waals surface area contributed by atoms with Crippen LogP contribution in [0.25, 0.3) is 11.1 Å². The van der Waals surface area contributed by atoms with Crippen molar-refractivity contribution in [3.63, 3.8) is 0 Å². The van der Waals surface area contributed by atoms with Crippen LogP contribution in [-0.2, 0) is 9.53 Å². The fraction of sp³-hybridized carbons (Fsp3) is 0.250. The average molecular weight is 385 g/mol. The summed E-state index contributed by atoms with van der Waals surface area (Å²) in [7, 11) is 0. The fourth-order valence-corrected chi connectivity index (χ4v) is 3.70. The maximum absolute atomic E-state index is 12.8. The van der Waals surface area contributed by atoms with Crippen molar-refractivity contribution in [1.29, 1.82) is 0 Å². The SMILES string of the molecule is O=C(c1ccc(-c2cccc(Cl)c2)cc1)N1CCC(N2C(=O)COC2=O)C1. The monoisotopic (exact) mass is 384 g/mol. The van der Waals surface area contributed by atoms with Crippen molar-refractivity contribution in [3.05, 3.63) is 59.1 Å². The maximum Gasteiger partial charge on any atom is 0.417 e. The molecule has 2 aliphatic rings. The first-order valence-electron chi connectivity index (χ1n) is 8.67. The molecule has 2 aliphatic heterocycles. The first-order chi connectivity index (χ1) is 13.0. The number of ether oxygens (including phenoxy) is 1. The van der Waals surface area contributed by atoms with Gasteiger partial charge < -0.3 is 9.64 Å². The van der Waals surface area contributed by atoms with Gasteiger partial charge in [-0.2, -0.15) is 0 Å². The van der Waals surface area contributed by atoms with Crippen LogP contribution in [0, 0.1) is 0 Å². The zero-order valence-electron chi connectivity index (χ0n) is 14.4. The summed E-state index contributed by atoms with van der Waals surface area (Å²) in [4.78, 5) is 39.0. The fourth-order valence-electron chi connectivity index (χ4n) is 3.51. The van der Waals surface area contributed by atoms with E-state index in [2.05, 4.69) is 0 Å². The number of carbonyl (C=O) groups excluding carboxylic acids is 3. The van der Waals surface area contributed by atoms with E-state index in [-0.39, 0.29) is 24.5 Å². The van der Waals surface area contributed by atoms with Crippen LogP contribution in [0.1, 0.15) is 16.8 Å². The van der Waals surface area contributed by atoms with Gasteiger partial charge in [-0.15, -0.1) is 0 Å². The van der Waals surface area contributed by atoms with Gasteiger partial charge in [0.15, 0.2) is 6.61 Å².